The van der Waals surface area contributed by atoms with Gasteiger partial charge in [0.1, 0.15) is 0 Å². The first-order valence-corrected chi connectivity index (χ1v) is 7.48. The number of thioether (sulfide) groups is 1. The van der Waals surface area contributed by atoms with Gasteiger partial charge in [-0.3, -0.25) is 15.1 Å². The van der Waals surface area contributed by atoms with Crippen LogP contribution in [0, 0.1) is 0 Å². The number of nitrogens with two attached hydrogens (primary N) is 2. The van der Waals surface area contributed by atoms with Crippen LogP contribution in [0.1, 0.15) is 15.9 Å². The molecule has 0 aliphatic carbocycles. The topological polar surface area (TPSA) is 106 Å². The van der Waals surface area contributed by atoms with Crippen LogP contribution in [0.3, 0.4) is 0 Å². The first kappa shape index (κ1) is 17.6. The molecule has 0 fully saturated rings. The molecule has 7 nitrogen and oxygen atoms in total. The number of hydrazine groups is 1. The Morgan fingerprint density at radius 2 is 2.24 bits per heavy atom. The van der Waals surface area contributed by atoms with E-state index in [2.05, 4.69) is 10.4 Å². The van der Waals surface area contributed by atoms with Gasteiger partial charge in [0.05, 0.1) is 17.2 Å². The maximum atomic E-state index is 12.2. The van der Waals surface area contributed by atoms with Gasteiger partial charge in [0.25, 0.3) is 5.91 Å². The third kappa shape index (κ3) is 4.24. The minimum absolute atomic E-state index is 0.0262. The molecule has 0 aromatic heterocycles. The molecule has 0 aliphatic heterocycles. The quantitative estimate of drug-likeness (QED) is 0.249. The van der Waals surface area contributed by atoms with Crippen molar-refractivity contribution in [1.82, 2.24) is 10.3 Å². The van der Waals surface area contributed by atoms with Gasteiger partial charge in [0.2, 0.25) is 5.96 Å². The summed E-state index contributed by atoms with van der Waals surface area (Å²) >= 11 is 7.83. The van der Waals surface area contributed by atoms with E-state index in [1.165, 1.54) is 18.8 Å². The van der Waals surface area contributed by atoms with Crippen LogP contribution < -0.4 is 17.0 Å². The van der Waals surface area contributed by atoms with Crippen molar-refractivity contribution in [3.63, 3.8) is 0 Å². The molecule has 0 heterocycles. The number of benzene rings is 1. The van der Waals surface area contributed by atoms with Crippen molar-refractivity contribution in [2.24, 2.45) is 16.8 Å². The van der Waals surface area contributed by atoms with Crippen LogP contribution in [-0.2, 0) is 11.3 Å². The van der Waals surface area contributed by atoms with Crippen LogP contribution in [0.5, 0.6) is 0 Å². The average molecular weight is 332 g/mol. The molecule has 0 radical (unpaired) electrons. The molecule has 0 saturated carbocycles. The molecular formula is C12H18ClN5O2S. The lowest BCUT2D eigenvalue weighted by atomic mass is 10.1. The summed E-state index contributed by atoms with van der Waals surface area (Å²) < 4.78 is 5.13. The average Bonchev–Trinajstić information content (AvgIpc) is 2.46. The Bertz CT molecular complexity index is 551. The standard InChI is InChI=1S/C12H18ClN5O2S/c1-18(15)12(17-14)16-11(19)7-4-5-9(21-3)8(6-20-2)10(7)13/h4-5H,6,14-15H2,1-3H3,(H,16,17,19). The molecule has 0 aliphatic rings. The number of rotatable bonds is 4. The van der Waals surface area contributed by atoms with Crippen LogP contribution >= 0.6 is 23.4 Å². The van der Waals surface area contributed by atoms with Gasteiger partial charge in [-0.1, -0.05) is 11.6 Å². The van der Waals surface area contributed by atoms with Crippen molar-refractivity contribution in [3.8, 4) is 0 Å². The Hall–Kier alpha value is -1.48. The molecule has 0 bridgehead atoms. The Kier molecular flexibility index (Phi) is 6.76. The largest absolute Gasteiger partial charge is 0.380 e. The van der Waals surface area contributed by atoms with Crippen LogP contribution in [0.4, 0.5) is 0 Å². The second-order valence-electron chi connectivity index (χ2n) is 4.06. The van der Waals surface area contributed by atoms with Gasteiger partial charge >= 0.3 is 0 Å². The van der Waals surface area contributed by atoms with Crippen molar-refractivity contribution in [1.29, 1.82) is 0 Å². The second kappa shape index (κ2) is 8.08. The predicted molar refractivity (Wildman–Crippen MR) is 85.0 cm³/mol. The molecule has 21 heavy (non-hydrogen) atoms. The maximum absolute atomic E-state index is 12.2. The van der Waals surface area contributed by atoms with E-state index >= 15 is 0 Å². The SMILES string of the molecule is COCc1c(SC)ccc(C(=O)N/C(=N/N)N(C)N)c1Cl. The highest BCUT2D eigenvalue weighted by atomic mass is 35.5. The molecule has 0 atom stereocenters. The van der Waals surface area contributed by atoms with Crippen molar-refractivity contribution < 1.29 is 9.53 Å². The van der Waals surface area contributed by atoms with E-state index in [0.717, 1.165) is 15.5 Å². The monoisotopic (exact) mass is 331 g/mol. The zero-order chi connectivity index (χ0) is 16.0. The summed E-state index contributed by atoms with van der Waals surface area (Å²) in [7, 11) is 3.07. The molecule has 9 heteroatoms. The molecule has 116 valence electrons. The van der Waals surface area contributed by atoms with E-state index in [1.54, 1.807) is 13.2 Å². The highest BCUT2D eigenvalue weighted by molar-refractivity contribution is 7.98. The summed E-state index contributed by atoms with van der Waals surface area (Å²) in [5, 5.41) is 7.30. The smallest absolute Gasteiger partial charge is 0.259 e. The summed E-state index contributed by atoms with van der Waals surface area (Å²) in [5.74, 6) is 10.2. The molecule has 0 saturated heterocycles. The number of carbonyl (C=O) groups excluding carboxylic acids is 1. The van der Waals surface area contributed by atoms with E-state index < -0.39 is 5.91 Å². The number of nitrogens with zero attached hydrogens (tertiary/aromatic N) is 2. The molecule has 5 N–H and O–H groups in total. The van der Waals surface area contributed by atoms with Crippen molar-refractivity contribution in [3.05, 3.63) is 28.3 Å². The fourth-order valence-corrected chi connectivity index (χ4v) is 2.60. The first-order valence-electron chi connectivity index (χ1n) is 5.88. The predicted octanol–water partition coefficient (Wildman–Crippen LogP) is 0.973. The number of ether oxygens (including phenoxy) is 1. The Morgan fingerprint density at radius 3 is 2.71 bits per heavy atom. The summed E-state index contributed by atoms with van der Waals surface area (Å²) in [6.07, 6.45) is 1.92. The summed E-state index contributed by atoms with van der Waals surface area (Å²) in [6, 6.07) is 3.44. The Labute approximate surface area is 132 Å². The highest BCUT2D eigenvalue weighted by Crippen LogP contribution is 2.30. The van der Waals surface area contributed by atoms with E-state index in [-0.39, 0.29) is 5.96 Å². The zero-order valence-electron chi connectivity index (χ0n) is 12.0. The number of hydrogen-bond acceptors (Lipinski definition) is 6. The van der Waals surface area contributed by atoms with Crippen LogP contribution in [0.15, 0.2) is 22.1 Å². The molecule has 0 unspecified atom stereocenters. The minimum Gasteiger partial charge on any atom is -0.380 e. The van der Waals surface area contributed by atoms with Crippen molar-refractivity contribution in [2.45, 2.75) is 11.5 Å². The van der Waals surface area contributed by atoms with E-state index in [4.69, 9.17) is 28.0 Å². The number of guanidine groups is 1. The Morgan fingerprint density at radius 1 is 1.57 bits per heavy atom. The molecule has 1 aromatic rings. The number of nitrogens with one attached hydrogen (secondary N) is 1. The molecule has 1 rings (SSSR count). The summed E-state index contributed by atoms with van der Waals surface area (Å²) in [5.41, 5.74) is 1.05. The number of amides is 1. The fraction of sp³-hybridized carbons (Fsp3) is 0.333. The summed E-state index contributed by atoms with van der Waals surface area (Å²) in [4.78, 5) is 13.2. The summed E-state index contributed by atoms with van der Waals surface area (Å²) in [6.45, 7) is 0.310. The lowest BCUT2D eigenvalue weighted by Gasteiger charge is -2.16. The fourth-order valence-electron chi connectivity index (χ4n) is 1.63. The van der Waals surface area contributed by atoms with E-state index in [0.29, 0.717) is 17.2 Å². The van der Waals surface area contributed by atoms with Gasteiger partial charge in [-0.05, 0) is 18.4 Å². The molecular weight excluding hydrogens is 314 g/mol. The van der Waals surface area contributed by atoms with E-state index in [1.807, 2.05) is 12.3 Å². The number of hydrazone groups is 1. The van der Waals surface area contributed by atoms with E-state index in [9.17, 15) is 4.79 Å². The minimum atomic E-state index is -0.452. The maximum Gasteiger partial charge on any atom is 0.259 e. The molecule has 0 spiro atoms. The number of hydrogen-bond donors (Lipinski definition) is 3. The van der Waals surface area contributed by atoms with Gasteiger partial charge in [-0.25, -0.2) is 5.84 Å². The van der Waals surface area contributed by atoms with Crippen LogP contribution in [-0.4, -0.2) is 37.3 Å². The third-order valence-corrected chi connectivity index (χ3v) is 3.89. The Balaban J connectivity index is 3.13. The lowest BCUT2D eigenvalue weighted by molar-refractivity contribution is 0.0972. The van der Waals surface area contributed by atoms with Gasteiger partial charge in [-0.15, -0.1) is 16.9 Å². The molecule has 1 aromatic carbocycles. The first-order chi connectivity index (χ1) is 9.96. The van der Waals surface area contributed by atoms with Gasteiger partial charge in [0.15, 0.2) is 0 Å². The number of halogens is 1. The number of methoxy groups -OCH3 is 1. The zero-order valence-corrected chi connectivity index (χ0v) is 13.6. The second-order valence-corrected chi connectivity index (χ2v) is 5.28. The van der Waals surface area contributed by atoms with Crippen molar-refractivity contribution in [2.75, 3.05) is 20.4 Å². The third-order valence-electron chi connectivity index (χ3n) is 2.64. The van der Waals surface area contributed by atoms with Gasteiger partial charge in [-0.2, -0.15) is 0 Å². The van der Waals surface area contributed by atoms with Gasteiger partial charge < -0.3 is 10.6 Å². The van der Waals surface area contributed by atoms with Crippen LogP contribution in [0.2, 0.25) is 5.02 Å². The highest BCUT2D eigenvalue weighted by Gasteiger charge is 2.18. The van der Waals surface area contributed by atoms with Crippen LogP contribution in [0.25, 0.3) is 0 Å². The molecule has 1 amide bonds. The normalized spacial score (nSPS) is 11.4. The van der Waals surface area contributed by atoms with Crippen molar-refractivity contribution >= 4 is 35.2 Å². The lowest BCUT2D eigenvalue weighted by Crippen LogP contribution is -2.46. The van der Waals surface area contributed by atoms with Gasteiger partial charge in [0, 0.05) is 24.6 Å². The number of carbonyl (C=O) groups is 1.